The van der Waals surface area contributed by atoms with E-state index in [2.05, 4.69) is 17.4 Å². The highest BCUT2D eigenvalue weighted by Gasteiger charge is 2.27. The van der Waals surface area contributed by atoms with Crippen LogP contribution in [0.4, 0.5) is 11.4 Å². The number of anilines is 1. The summed E-state index contributed by atoms with van der Waals surface area (Å²) >= 11 is 1.81. The second kappa shape index (κ2) is 10.1. The maximum absolute atomic E-state index is 12.4. The van der Waals surface area contributed by atoms with E-state index in [9.17, 15) is 14.9 Å². The van der Waals surface area contributed by atoms with Crippen molar-refractivity contribution in [1.82, 2.24) is 5.32 Å². The van der Waals surface area contributed by atoms with Gasteiger partial charge >= 0.3 is 0 Å². The summed E-state index contributed by atoms with van der Waals surface area (Å²) in [7, 11) is 0. The lowest BCUT2D eigenvalue weighted by Crippen LogP contribution is -2.41. The highest BCUT2D eigenvalue weighted by atomic mass is 32.2. The molecule has 2 aromatic rings. The Balaban J connectivity index is 1.39. The van der Waals surface area contributed by atoms with E-state index in [0.717, 1.165) is 24.3 Å². The number of carbonyl (C=O) groups is 1. The summed E-state index contributed by atoms with van der Waals surface area (Å²) in [5.74, 6) is 1.92. The molecular weight excluding hydrogens is 374 g/mol. The minimum absolute atomic E-state index is 0.0156. The quantitative estimate of drug-likeness (QED) is 0.414. The number of rotatable bonds is 8. The maximum atomic E-state index is 12.4. The Labute approximate surface area is 169 Å². The van der Waals surface area contributed by atoms with Crippen molar-refractivity contribution >= 4 is 29.0 Å². The lowest BCUT2D eigenvalue weighted by Gasteiger charge is -2.32. The second-order valence-corrected chi connectivity index (χ2v) is 7.94. The van der Waals surface area contributed by atoms with Crippen LogP contribution >= 0.6 is 11.8 Å². The van der Waals surface area contributed by atoms with E-state index in [1.807, 2.05) is 40.9 Å². The van der Waals surface area contributed by atoms with Crippen LogP contribution in [0, 0.1) is 16.0 Å². The summed E-state index contributed by atoms with van der Waals surface area (Å²) in [5.41, 5.74) is 2.06. The average Bonchev–Trinajstić information content (AvgIpc) is 2.74. The molecule has 0 radical (unpaired) electrons. The molecule has 0 aromatic heterocycles. The van der Waals surface area contributed by atoms with Crippen LogP contribution in [0.3, 0.4) is 0 Å². The number of carbonyl (C=O) groups excluding carboxylic acids is 1. The number of nitro benzene ring substituents is 1. The van der Waals surface area contributed by atoms with Crippen molar-refractivity contribution < 1.29 is 9.72 Å². The van der Waals surface area contributed by atoms with E-state index < -0.39 is 0 Å². The first kappa shape index (κ1) is 20.2. The van der Waals surface area contributed by atoms with Crippen LogP contribution in [0.2, 0.25) is 0 Å². The Morgan fingerprint density at radius 2 is 1.79 bits per heavy atom. The van der Waals surface area contributed by atoms with Gasteiger partial charge in [0.2, 0.25) is 5.91 Å². The Kier molecular flexibility index (Phi) is 7.31. The van der Waals surface area contributed by atoms with Gasteiger partial charge in [-0.1, -0.05) is 42.5 Å². The number of nitrogens with zero attached hydrogens (tertiary/aromatic N) is 2. The Morgan fingerprint density at radius 1 is 1.11 bits per heavy atom. The Morgan fingerprint density at radius 3 is 2.50 bits per heavy atom. The summed E-state index contributed by atoms with van der Waals surface area (Å²) in [5, 5.41) is 14.2. The molecule has 0 spiro atoms. The largest absolute Gasteiger partial charge is 0.366 e. The van der Waals surface area contributed by atoms with Crippen LogP contribution in [0.5, 0.6) is 0 Å². The predicted molar refractivity (Wildman–Crippen MR) is 114 cm³/mol. The van der Waals surface area contributed by atoms with Gasteiger partial charge in [-0.25, -0.2) is 0 Å². The van der Waals surface area contributed by atoms with E-state index in [-0.39, 0.29) is 22.4 Å². The zero-order valence-electron chi connectivity index (χ0n) is 15.8. The standard InChI is InChI=1S/C21H25N3O3S/c25-21(22-12-15-28-16-17-6-2-1-3-7-17)18-10-13-23(14-11-18)19-8-4-5-9-20(19)24(26)27/h1-9,18H,10-16H2,(H,22,25). The van der Waals surface area contributed by atoms with Gasteiger partial charge in [0.15, 0.2) is 0 Å². The van der Waals surface area contributed by atoms with Gasteiger partial charge in [-0.05, 0) is 24.5 Å². The summed E-state index contributed by atoms with van der Waals surface area (Å²) < 4.78 is 0. The van der Waals surface area contributed by atoms with E-state index in [1.54, 1.807) is 12.1 Å². The molecule has 6 nitrogen and oxygen atoms in total. The molecule has 148 valence electrons. The highest BCUT2D eigenvalue weighted by Crippen LogP contribution is 2.31. The molecule has 1 heterocycles. The van der Waals surface area contributed by atoms with Gasteiger partial charge in [0.05, 0.1) is 4.92 Å². The zero-order valence-corrected chi connectivity index (χ0v) is 16.6. The SMILES string of the molecule is O=C(NCCSCc1ccccc1)C1CCN(c2ccccc2[N+](=O)[O-])CC1. The molecule has 0 atom stereocenters. The van der Waals surface area contributed by atoms with Crippen molar-refractivity contribution in [3.63, 3.8) is 0 Å². The summed E-state index contributed by atoms with van der Waals surface area (Å²) in [6, 6.07) is 17.1. The first-order valence-electron chi connectivity index (χ1n) is 9.53. The monoisotopic (exact) mass is 399 g/mol. The number of nitrogens with one attached hydrogen (secondary N) is 1. The smallest absolute Gasteiger partial charge is 0.292 e. The lowest BCUT2D eigenvalue weighted by molar-refractivity contribution is -0.384. The first-order valence-corrected chi connectivity index (χ1v) is 10.7. The number of hydrogen-bond donors (Lipinski definition) is 1. The van der Waals surface area contributed by atoms with Crippen LogP contribution < -0.4 is 10.2 Å². The fraction of sp³-hybridized carbons (Fsp3) is 0.381. The summed E-state index contributed by atoms with van der Waals surface area (Å²) in [6.45, 7) is 1.98. The van der Waals surface area contributed by atoms with Crippen molar-refractivity contribution in [2.75, 3.05) is 30.3 Å². The van der Waals surface area contributed by atoms with Gasteiger partial charge in [0.25, 0.3) is 5.69 Å². The molecule has 1 amide bonds. The van der Waals surface area contributed by atoms with Gasteiger partial charge in [0.1, 0.15) is 5.69 Å². The maximum Gasteiger partial charge on any atom is 0.292 e. The molecule has 0 bridgehead atoms. The predicted octanol–water partition coefficient (Wildman–Crippen LogP) is 3.86. The lowest BCUT2D eigenvalue weighted by atomic mass is 9.95. The molecule has 28 heavy (non-hydrogen) atoms. The Hall–Kier alpha value is -2.54. The van der Waals surface area contributed by atoms with Crippen molar-refractivity contribution in [1.29, 1.82) is 0 Å². The zero-order chi connectivity index (χ0) is 19.8. The van der Waals surface area contributed by atoms with E-state index >= 15 is 0 Å². The van der Waals surface area contributed by atoms with Gasteiger partial charge in [-0.3, -0.25) is 14.9 Å². The number of benzene rings is 2. The molecule has 1 fully saturated rings. The van der Waals surface area contributed by atoms with Crippen LogP contribution in [-0.4, -0.2) is 36.2 Å². The number of para-hydroxylation sites is 2. The summed E-state index contributed by atoms with van der Waals surface area (Å²) in [4.78, 5) is 25.3. The normalized spacial score (nSPS) is 14.6. The third kappa shape index (κ3) is 5.48. The first-order chi connectivity index (χ1) is 13.6. The third-order valence-corrected chi connectivity index (χ3v) is 5.97. The summed E-state index contributed by atoms with van der Waals surface area (Å²) in [6.07, 6.45) is 1.43. The van der Waals surface area contributed by atoms with Crippen molar-refractivity contribution in [2.45, 2.75) is 18.6 Å². The van der Waals surface area contributed by atoms with Crippen molar-refractivity contribution in [3.8, 4) is 0 Å². The molecular formula is C21H25N3O3S. The minimum atomic E-state index is -0.346. The molecule has 0 saturated carbocycles. The van der Waals surface area contributed by atoms with Gasteiger partial charge in [-0.15, -0.1) is 0 Å². The van der Waals surface area contributed by atoms with Crippen molar-refractivity contribution in [2.24, 2.45) is 5.92 Å². The number of amides is 1. The Bertz CT molecular complexity index is 792. The second-order valence-electron chi connectivity index (χ2n) is 6.84. The van der Waals surface area contributed by atoms with Crippen LogP contribution in [-0.2, 0) is 10.5 Å². The van der Waals surface area contributed by atoms with Crippen LogP contribution in [0.25, 0.3) is 0 Å². The number of nitro groups is 1. The van der Waals surface area contributed by atoms with Crippen LogP contribution in [0.1, 0.15) is 18.4 Å². The molecule has 0 unspecified atom stereocenters. The minimum Gasteiger partial charge on any atom is -0.366 e. The van der Waals surface area contributed by atoms with E-state index in [0.29, 0.717) is 25.3 Å². The number of thioether (sulfide) groups is 1. The van der Waals surface area contributed by atoms with Crippen molar-refractivity contribution in [3.05, 3.63) is 70.3 Å². The van der Waals surface area contributed by atoms with E-state index in [4.69, 9.17) is 0 Å². The molecule has 3 rings (SSSR count). The van der Waals surface area contributed by atoms with Gasteiger partial charge in [-0.2, -0.15) is 11.8 Å². The van der Waals surface area contributed by atoms with Crippen LogP contribution in [0.15, 0.2) is 54.6 Å². The van der Waals surface area contributed by atoms with Gasteiger partial charge in [0, 0.05) is 43.1 Å². The molecule has 0 aliphatic carbocycles. The molecule has 1 N–H and O–H groups in total. The number of hydrogen-bond acceptors (Lipinski definition) is 5. The molecule has 1 aliphatic rings. The molecule has 2 aromatic carbocycles. The third-order valence-electron chi connectivity index (χ3n) is 4.94. The molecule has 7 heteroatoms. The number of piperidine rings is 1. The molecule has 1 saturated heterocycles. The van der Waals surface area contributed by atoms with E-state index in [1.165, 1.54) is 11.6 Å². The molecule has 1 aliphatic heterocycles. The topological polar surface area (TPSA) is 75.5 Å². The average molecular weight is 400 g/mol. The fourth-order valence-electron chi connectivity index (χ4n) is 3.42. The fourth-order valence-corrected chi connectivity index (χ4v) is 4.24. The van der Waals surface area contributed by atoms with Gasteiger partial charge < -0.3 is 10.2 Å². The highest BCUT2D eigenvalue weighted by molar-refractivity contribution is 7.98.